The Labute approximate surface area is 224 Å². The van der Waals surface area contributed by atoms with Crippen LogP contribution in [0.15, 0.2) is 96.2 Å². The zero-order valence-corrected chi connectivity index (χ0v) is 22.1. The van der Waals surface area contributed by atoms with E-state index in [-0.39, 0.29) is 37.4 Å². The van der Waals surface area contributed by atoms with Gasteiger partial charge >= 0.3 is 5.97 Å². The number of carbonyl (C=O) groups excluding carboxylic acids is 3. The number of nitrogens with zero attached hydrogens (tertiary/aromatic N) is 1. The monoisotopic (exact) mass is 510 g/mol. The highest BCUT2D eigenvalue weighted by atomic mass is 16.5. The molecule has 1 heterocycles. The van der Waals surface area contributed by atoms with Gasteiger partial charge in [0.1, 0.15) is 6.54 Å². The highest BCUT2D eigenvalue weighted by Gasteiger charge is 2.37. The number of esters is 1. The van der Waals surface area contributed by atoms with Gasteiger partial charge < -0.3 is 15.0 Å². The molecule has 6 nitrogen and oxygen atoms in total. The van der Waals surface area contributed by atoms with E-state index in [2.05, 4.69) is 5.32 Å². The van der Waals surface area contributed by atoms with Crippen molar-refractivity contribution in [3.05, 3.63) is 118 Å². The molecule has 6 heteroatoms. The zero-order chi connectivity index (χ0) is 27.1. The molecule has 38 heavy (non-hydrogen) atoms. The second-order valence-electron chi connectivity index (χ2n) is 9.59. The van der Waals surface area contributed by atoms with Crippen molar-refractivity contribution in [3.8, 4) is 0 Å². The molecule has 1 N–H and O–H groups in total. The summed E-state index contributed by atoms with van der Waals surface area (Å²) in [5.74, 6) is -1.37. The Morgan fingerprint density at radius 2 is 1.58 bits per heavy atom. The third kappa shape index (κ3) is 6.38. The lowest BCUT2D eigenvalue weighted by Crippen LogP contribution is -2.45. The first-order valence-electron chi connectivity index (χ1n) is 13.0. The molecule has 0 aliphatic carbocycles. The summed E-state index contributed by atoms with van der Waals surface area (Å²) < 4.78 is 5.37. The molecule has 2 amide bonds. The molecule has 0 saturated carbocycles. The van der Waals surface area contributed by atoms with Crippen LogP contribution >= 0.6 is 0 Å². The molecule has 2 unspecified atom stereocenters. The molecule has 196 valence electrons. The van der Waals surface area contributed by atoms with Crippen LogP contribution in [0, 0.1) is 6.92 Å². The maximum absolute atomic E-state index is 13.3. The summed E-state index contributed by atoms with van der Waals surface area (Å²) in [5.41, 5.74) is 4.93. The van der Waals surface area contributed by atoms with Gasteiger partial charge in [0.25, 0.3) is 0 Å². The SMILES string of the molecule is CCOC(=O)C1=C(C)N(CC(=O)NC(Cc2ccccc2)c2ccccc2)C(=O)CC1c1ccc(C)cc1. The van der Waals surface area contributed by atoms with Crippen LogP contribution in [0.25, 0.3) is 0 Å². The van der Waals surface area contributed by atoms with E-state index in [1.165, 1.54) is 4.90 Å². The van der Waals surface area contributed by atoms with Gasteiger partial charge in [-0.15, -0.1) is 0 Å². The van der Waals surface area contributed by atoms with E-state index in [1.807, 2.05) is 91.9 Å². The summed E-state index contributed by atoms with van der Waals surface area (Å²) in [5, 5.41) is 3.12. The van der Waals surface area contributed by atoms with Crippen molar-refractivity contribution < 1.29 is 19.1 Å². The fourth-order valence-corrected chi connectivity index (χ4v) is 4.93. The van der Waals surface area contributed by atoms with E-state index in [0.29, 0.717) is 17.7 Å². The zero-order valence-electron chi connectivity index (χ0n) is 22.1. The minimum absolute atomic E-state index is 0.0912. The molecule has 0 bridgehead atoms. The van der Waals surface area contributed by atoms with E-state index in [1.54, 1.807) is 13.8 Å². The Balaban J connectivity index is 1.59. The Kier molecular flexibility index (Phi) is 8.74. The molecule has 3 aromatic carbocycles. The van der Waals surface area contributed by atoms with Crippen LogP contribution in [0.3, 0.4) is 0 Å². The van der Waals surface area contributed by atoms with Crippen LogP contribution in [-0.2, 0) is 25.5 Å². The predicted octanol–water partition coefficient (Wildman–Crippen LogP) is 5.25. The van der Waals surface area contributed by atoms with E-state index < -0.39 is 11.9 Å². The molecule has 0 saturated heterocycles. The lowest BCUT2D eigenvalue weighted by molar-refractivity contribution is -0.141. The van der Waals surface area contributed by atoms with Crippen molar-refractivity contribution >= 4 is 17.8 Å². The summed E-state index contributed by atoms with van der Waals surface area (Å²) in [6.07, 6.45) is 0.705. The number of aryl methyl sites for hydroxylation is 1. The average Bonchev–Trinajstić information content (AvgIpc) is 2.92. The van der Waals surface area contributed by atoms with Gasteiger partial charge in [0.2, 0.25) is 11.8 Å². The van der Waals surface area contributed by atoms with Crippen LogP contribution in [0.2, 0.25) is 0 Å². The normalized spacial score (nSPS) is 16.2. The van der Waals surface area contributed by atoms with Gasteiger partial charge in [-0.3, -0.25) is 9.59 Å². The van der Waals surface area contributed by atoms with Gasteiger partial charge in [-0.05, 0) is 43.9 Å². The van der Waals surface area contributed by atoms with Crippen molar-refractivity contribution in [1.29, 1.82) is 0 Å². The summed E-state index contributed by atoms with van der Waals surface area (Å²) in [6, 6.07) is 27.3. The maximum atomic E-state index is 13.3. The summed E-state index contributed by atoms with van der Waals surface area (Å²) in [6.45, 7) is 5.51. The number of benzene rings is 3. The number of amides is 2. The largest absolute Gasteiger partial charge is 0.463 e. The van der Waals surface area contributed by atoms with Crippen molar-refractivity contribution in [2.75, 3.05) is 13.2 Å². The Bertz CT molecular complexity index is 1300. The first-order chi connectivity index (χ1) is 18.4. The predicted molar refractivity (Wildman–Crippen MR) is 147 cm³/mol. The first-order valence-corrected chi connectivity index (χ1v) is 13.0. The van der Waals surface area contributed by atoms with E-state index >= 15 is 0 Å². The summed E-state index contributed by atoms with van der Waals surface area (Å²) in [4.78, 5) is 41.1. The molecule has 3 aromatic rings. The highest BCUT2D eigenvalue weighted by Crippen LogP contribution is 2.37. The fraction of sp³-hybridized carbons (Fsp3) is 0.281. The maximum Gasteiger partial charge on any atom is 0.336 e. The molecular formula is C32H34N2O4. The fourth-order valence-electron chi connectivity index (χ4n) is 4.93. The lowest BCUT2D eigenvalue weighted by atomic mass is 9.83. The molecule has 4 rings (SSSR count). The van der Waals surface area contributed by atoms with Crippen LogP contribution in [-0.4, -0.2) is 35.8 Å². The molecule has 2 atom stereocenters. The molecule has 0 aromatic heterocycles. The van der Waals surface area contributed by atoms with E-state index in [9.17, 15) is 14.4 Å². The minimum Gasteiger partial charge on any atom is -0.463 e. The van der Waals surface area contributed by atoms with Crippen LogP contribution in [0.1, 0.15) is 54.5 Å². The minimum atomic E-state index is -0.459. The third-order valence-electron chi connectivity index (χ3n) is 6.92. The molecule has 1 aliphatic rings. The number of carbonyl (C=O) groups is 3. The number of ether oxygens (including phenoxy) is 1. The second kappa shape index (κ2) is 12.4. The number of allylic oxidation sites excluding steroid dienone is 1. The van der Waals surface area contributed by atoms with Crippen LogP contribution in [0.4, 0.5) is 0 Å². The van der Waals surface area contributed by atoms with Crippen molar-refractivity contribution in [2.45, 2.75) is 45.6 Å². The summed E-state index contributed by atoms with van der Waals surface area (Å²) >= 11 is 0. The third-order valence-corrected chi connectivity index (χ3v) is 6.92. The van der Waals surface area contributed by atoms with E-state index in [4.69, 9.17) is 4.74 Å². The first kappa shape index (κ1) is 26.9. The number of rotatable bonds is 9. The topological polar surface area (TPSA) is 75.7 Å². The van der Waals surface area contributed by atoms with Crippen LogP contribution in [0.5, 0.6) is 0 Å². The number of nitrogens with one attached hydrogen (secondary N) is 1. The summed E-state index contributed by atoms with van der Waals surface area (Å²) in [7, 11) is 0. The quantitative estimate of drug-likeness (QED) is 0.399. The molecular weight excluding hydrogens is 476 g/mol. The smallest absolute Gasteiger partial charge is 0.336 e. The Hall–Kier alpha value is -4.19. The van der Waals surface area contributed by atoms with E-state index in [0.717, 1.165) is 22.3 Å². The van der Waals surface area contributed by atoms with Gasteiger partial charge in [0, 0.05) is 18.0 Å². The molecule has 1 aliphatic heterocycles. The van der Waals surface area contributed by atoms with Gasteiger partial charge in [-0.25, -0.2) is 4.79 Å². The second-order valence-corrected chi connectivity index (χ2v) is 9.59. The van der Waals surface area contributed by atoms with Crippen molar-refractivity contribution in [1.82, 2.24) is 10.2 Å². The Morgan fingerprint density at radius 3 is 2.21 bits per heavy atom. The standard InChI is InChI=1S/C32H34N2O4/c1-4-38-32(37)31-23(3)34(30(36)20-27(31)25-17-15-22(2)16-18-25)21-29(35)33-28(26-13-9-6-10-14-26)19-24-11-7-5-8-12-24/h5-18,27-28H,4,19-21H2,1-3H3,(H,33,35). The molecule has 0 spiro atoms. The van der Waals surface area contributed by atoms with Crippen molar-refractivity contribution in [2.24, 2.45) is 0 Å². The lowest BCUT2D eigenvalue weighted by Gasteiger charge is -2.34. The van der Waals surface area contributed by atoms with Crippen molar-refractivity contribution in [3.63, 3.8) is 0 Å². The highest BCUT2D eigenvalue weighted by molar-refractivity contribution is 5.97. The van der Waals surface area contributed by atoms with Gasteiger partial charge in [-0.1, -0.05) is 90.5 Å². The van der Waals surface area contributed by atoms with Gasteiger partial charge in [0.05, 0.1) is 18.2 Å². The number of hydrogen-bond acceptors (Lipinski definition) is 4. The molecule has 0 radical (unpaired) electrons. The average molecular weight is 511 g/mol. The Morgan fingerprint density at radius 1 is 0.947 bits per heavy atom. The van der Waals surface area contributed by atoms with Gasteiger partial charge in [0.15, 0.2) is 0 Å². The number of hydrogen-bond donors (Lipinski definition) is 1. The van der Waals surface area contributed by atoms with Crippen LogP contribution < -0.4 is 5.32 Å². The van der Waals surface area contributed by atoms with Gasteiger partial charge in [-0.2, -0.15) is 0 Å². The molecule has 0 fully saturated rings.